The number of amides is 1. The molecule has 33 heavy (non-hydrogen) atoms. The largest absolute Gasteiger partial charge is 0.493 e. The maximum absolute atomic E-state index is 11.9. The molecular formula is C23H25ClN6O3. The number of aromatic amines is 1. The van der Waals surface area contributed by atoms with Gasteiger partial charge in [0.25, 0.3) is 5.91 Å². The maximum atomic E-state index is 11.9. The molecule has 0 saturated heterocycles. The van der Waals surface area contributed by atoms with Gasteiger partial charge in [0.15, 0.2) is 23.9 Å². The number of aromatic nitrogens is 4. The van der Waals surface area contributed by atoms with E-state index in [1.54, 1.807) is 30.1 Å². The fourth-order valence-corrected chi connectivity index (χ4v) is 3.61. The number of ether oxygens (including phenoxy) is 2. The molecule has 172 valence electrons. The van der Waals surface area contributed by atoms with Gasteiger partial charge in [-0.1, -0.05) is 11.6 Å². The summed E-state index contributed by atoms with van der Waals surface area (Å²) in [6, 6.07) is 9.24. The van der Waals surface area contributed by atoms with Crippen molar-refractivity contribution in [3.05, 3.63) is 53.3 Å². The Bertz CT molecular complexity index is 1300. The fraction of sp³-hybridized carbons (Fsp3) is 0.261. The number of carbonyl (C=O) groups is 1. The molecule has 0 saturated carbocycles. The number of H-pyrrole nitrogens is 1. The van der Waals surface area contributed by atoms with Crippen LogP contribution in [0, 0.1) is 6.92 Å². The smallest absolute Gasteiger partial charge is 0.258 e. The maximum Gasteiger partial charge on any atom is 0.258 e. The lowest BCUT2D eigenvalue weighted by Crippen LogP contribution is -2.34. The minimum absolute atomic E-state index is 0.0488. The van der Waals surface area contributed by atoms with Gasteiger partial charge in [0.2, 0.25) is 0 Å². The number of carbonyl (C=O) groups excluding carboxylic acids is 1. The van der Waals surface area contributed by atoms with Crippen molar-refractivity contribution in [1.82, 2.24) is 25.3 Å². The van der Waals surface area contributed by atoms with Crippen LogP contribution in [0.2, 0.25) is 5.02 Å². The molecule has 0 radical (unpaired) electrons. The molecular weight excluding hydrogens is 444 g/mol. The Labute approximate surface area is 196 Å². The van der Waals surface area contributed by atoms with Crippen LogP contribution in [0.1, 0.15) is 19.4 Å². The number of nitrogens with one attached hydrogen (secondary N) is 3. The van der Waals surface area contributed by atoms with Crippen LogP contribution in [0.3, 0.4) is 0 Å². The number of nitrogens with zero attached hydrogens (tertiary/aromatic N) is 3. The molecule has 0 atom stereocenters. The topological polar surface area (TPSA) is 106 Å². The predicted molar refractivity (Wildman–Crippen MR) is 128 cm³/mol. The van der Waals surface area contributed by atoms with Gasteiger partial charge < -0.3 is 20.1 Å². The molecule has 0 bridgehead atoms. The van der Waals surface area contributed by atoms with Gasteiger partial charge in [-0.05, 0) is 45.0 Å². The highest BCUT2D eigenvalue weighted by molar-refractivity contribution is 6.38. The molecule has 0 fully saturated rings. The highest BCUT2D eigenvalue weighted by Gasteiger charge is 2.14. The van der Waals surface area contributed by atoms with Gasteiger partial charge in [-0.15, -0.1) is 5.10 Å². The van der Waals surface area contributed by atoms with Crippen LogP contribution in [0.4, 0.5) is 11.5 Å². The minimum Gasteiger partial charge on any atom is -0.493 e. The van der Waals surface area contributed by atoms with E-state index in [4.69, 9.17) is 21.1 Å². The van der Waals surface area contributed by atoms with Crippen LogP contribution >= 0.6 is 11.6 Å². The number of hydrogen-bond donors (Lipinski definition) is 3. The van der Waals surface area contributed by atoms with Gasteiger partial charge >= 0.3 is 0 Å². The van der Waals surface area contributed by atoms with Crippen LogP contribution in [0.25, 0.3) is 16.6 Å². The second-order valence-electron chi connectivity index (χ2n) is 7.83. The zero-order valence-corrected chi connectivity index (χ0v) is 19.5. The van der Waals surface area contributed by atoms with Gasteiger partial charge in [-0.3, -0.25) is 9.89 Å². The van der Waals surface area contributed by atoms with E-state index in [0.717, 1.165) is 27.8 Å². The van der Waals surface area contributed by atoms with E-state index < -0.39 is 0 Å². The van der Waals surface area contributed by atoms with Gasteiger partial charge in [0.1, 0.15) is 0 Å². The van der Waals surface area contributed by atoms with Gasteiger partial charge in [0, 0.05) is 29.3 Å². The van der Waals surface area contributed by atoms with E-state index in [1.807, 2.05) is 45.2 Å². The van der Waals surface area contributed by atoms with Crippen molar-refractivity contribution in [1.29, 1.82) is 0 Å². The Morgan fingerprint density at radius 2 is 2.06 bits per heavy atom. The second-order valence-corrected chi connectivity index (χ2v) is 8.21. The molecule has 10 heteroatoms. The number of rotatable bonds is 8. The summed E-state index contributed by atoms with van der Waals surface area (Å²) in [5, 5.41) is 19.1. The molecule has 9 nitrogen and oxygen atoms in total. The van der Waals surface area contributed by atoms with E-state index in [1.165, 1.54) is 0 Å². The zero-order chi connectivity index (χ0) is 23.5. The van der Waals surface area contributed by atoms with Crippen molar-refractivity contribution in [2.24, 2.45) is 0 Å². The fourth-order valence-electron chi connectivity index (χ4n) is 3.35. The molecule has 0 spiro atoms. The molecule has 0 aliphatic rings. The SMILES string of the molecule is COc1cc(-n2cc(C)c(Nc3ccc4[nH]ncc4c3Cl)n2)ccc1OCC(=O)NC(C)C. The third-order valence-electron chi connectivity index (χ3n) is 4.93. The third-order valence-corrected chi connectivity index (χ3v) is 5.34. The van der Waals surface area contributed by atoms with Crippen LogP contribution in [0.5, 0.6) is 11.5 Å². The molecule has 3 N–H and O–H groups in total. The number of fused-ring (bicyclic) bond motifs is 1. The Balaban J connectivity index is 1.54. The van der Waals surface area contributed by atoms with Crippen molar-refractivity contribution < 1.29 is 14.3 Å². The van der Waals surface area contributed by atoms with Crippen molar-refractivity contribution in [2.75, 3.05) is 19.0 Å². The summed E-state index contributed by atoms with van der Waals surface area (Å²) in [4.78, 5) is 11.9. The molecule has 2 aromatic heterocycles. The molecule has 1 amide bonds. The first-order valence-electron chi connectivity index (χ1n) is 10.4. The second kappa shape index (κ2) is 9.41. The van der Waals surface area contributed by atoms with Crippen LogP contribution in [-0.2, 0) is 4.79 Å². The summed E-state index contributed by atoms with van der Waals surface area (Å²) in [7, 11) is 1.55. The van der Waals surface area contributed by atoms with Crippen molar-refractivity contribution >= 4 is 39.9 Å². The number of halogens is 1. The number of anilines is 2. The lowest BCUT2D eigenvalue weighted by atomic mass is 10.2. The Hall–Kier alpha value is -3.72. The minimum atomic E-state index is -0.193. The number of benzene rings is 2. The molecule has 0 aliphatic carbocycles. The highest BCUT2D eigenvalue weighted by atomic mass is 35.5. The standard InChI is InChI=1S/C23H25ClN6O3/c1-13(2)26-21(31)12-33-19-8-5-15(9-20(19)32-4)30-11-14(3)23(29-30)27-18-7-6-17-16(22(18)24)10-25-28-17/h5-11,13H,12H2,1-4H3,(H,25,28)(H,26,31)(H,27,29). The highest BCUT2D eigenvalue weighted by Crippen LogP contribution is 2.33. The summed E-state index contributed by atoms with van der Waals surface area (Å²) < 4.78 is 12.8. The first-order chi connectivity index (χ1) is 15.9. The Morgan fingerprint density at radius 1 is 1.24 bits per heavy atom. The van der Waals surface area contributed by atoms with E-state index in [0.29, 0.717) is 22.3 Å². The van der Waals surface area contributed by atoms with Gasteiger partial charge in [-0.25, -0.2) is 4.68 Å². The lowest BCUT2D eigenvalue weighted by Gasteiger charge is -2.13. The number of methoxy groups -OCH3 is 1. The summed E-state index contributed by atoms with van der Waals surface area (Å²) in [5.41, 5.74) is 3.31. The predicted octanol–water partition coefficient (Wildman–Crippen LogP) is 4.37. The summed E-state index contributed by atoms with van der Waals surface area (Å²) >= 11 is 6.53. The van der Waals surface area contributed by atoms with Crippen LogP contribution < -0.4 is 20.1 Å². The number of hydrogen-bond acceptors (Lipinski definition) is 6. The van der Waals surface area contributed by atoms with Gasteiger partial charge in [0.05, 0.1) is 35.2 Å². The normalized spacial score (nSPS) is 11.1. The first kappa shape index (κ1) is 22.5. The van der Waals surface area contributed by atoms with Crippen molar-refractivity contribution in [3.63, 3.8) is 0 Å². The van der Waals surface area contributed by atoms with Crippen molar-refractivity contribution in [2.45, 2.75) is 26.8 Å². The van der Waals surface area contributed by atoms with E-state index in [-0.39, 0.29) is 18.6 Å². The summed E-state index contributed by atoms with van der Waals surface area (Å²) in [6.45, 7) is 5.65. The van der Waals surface area contributed by atoms with E-state index in [9.17, 15) is 4.79 Å². The Kier molecular flexibility index (Phi) is 6.41. The molecule has 0 unspecified atom stereocenters. The van der Waals surface area contributed by atoms with Crippen LogP contribution in [-0.4, -0.2) is 45.6 Å². The lowest BCUT2D eigenvalue weighted by molar-refractivity contribution is -0.123. The average Bonchev–Trinajstić information content (AvgIpc) is 3.41. The molecule has 4 rings (SSSR count). The summed E-state index contributed by atoms with van der Waals surface area (Å²) in [5.74, 6) is 1.45. The molecule has 2 aromatic carbocycles. The molecule has 2 heterocycles. The number of aryl methyl sites for hydroxylation is 1. The first-order valence-corrected chi connectivity index (χ1v) is 10.8. The molecule has 0 aliphatic heterocycles. The summed E-state index contributed by atoms with van der Waals surface area (Å²) in [6.07, 6.45) is 3.59. The molecule has 4 aromatic rings. The van der Waals surface area contributed by atoms with Crippen LogP contribution in [0.15, 0.2) is 42.7 Å². The zero-order valence-electron chi connectivity index (χ0n) is 18.8. The quantitative estimate of drug-likeness (QED) is 0.354. The van der Waals surface area contributed by atoms with E-state index in [2.05, 4.69) is 25.9 Å². The van der Waals surface area contributed by atoms with E-state index >= 15 is 0 Å². The average molecular weight is 469 g/mol. The van der Waals surface area contributed by atoms with Gasteiger partial charge in [-0.2, -0.15) is 5.10 Å². The Morgan fingerprint density at radius 3 is 2.82 bits per heavy atom. The monoisotopic (exact) mass is 468 g/mol. The van der Waals surface area contributed by atoms with Crippen molar-refractivity contribution in [3.8, 4) is 17.2 Å². The third kappa shape index (κ3) is 4.88.